The first-order chi connectivity index (χ1) is 13.5. The van der Waals surface area contributed by atoms with Crippen LogP contribution in [0.1, 0.15) is 34.8 Å². The Hall–Kier alpha value is -1.74. The molecule has 2 aromatic rings. The minimum Gasteiger partial charge on any atom is -0.379 e. The first kappa shape index (κ1) is 19.6. The van der Waals surface area contributed by atoms with Crippen molar-refractivity contribution in [2.45, 2.75) is 35.9 Å². The highest BCUT2D eigenvalue weighted by Crippen LogP contribution is 2.35. The zero-order valence-electron chi connectivity index (χ0n) is 15.6. The molecule has 0 bridgehead atoms. The van der Waals surface area contributed by atoms with Crippen LogP contribution >= 0.6 is 11.3 Å². The van der Waals surface area contributed by atoms with E-state index in [0.717, 1.165) is 17.7 Å². The average molecular weight is 421 g/mol. The second kappa shape index (κ2) is 8.32. The number of nitrogens with one attached hydrogen (secondary N) is 1. The van der Waals surface area contributed by atoms with Crippen molar-refractivity contribution in [1.29, 1.82) is 0 Å². The average Bonchev–Trinajstić information content (AvgIpc) is 3.35. The number of benzene rings is 1. The van der Waals surface area contributed by atoms with Crippen molar-refractivity contribution in [3.63, 3.8) is 0 Å². The number of carbonyl (C=O) groups is 1. The second-order valence-corrected chi connectivity index (χ2v) is 10.5. The molecule has 1 saturated heterocycles. The van der Waals surface area contributed by atoms with E-state index in [1.807, 2.05) is 12.1 Å². The van der Waals surface area contributed by atoms with Gasteiger partial charge in [-0.25, -0.2) is 8.42 Å². The number of thiophene rings is 1. The van der Waals surface area contributed by atoms with Crippen molar-refractivity contribution >= 4 is 27.3 Å². The molecule has 1 aromatic carbocycles. The lowest BCUT2D eigenvalue weighted by molar-refractivity contribution is -0.121. The van der Waals surface area contributed by atoms with Gasteiger partial charge in [-0.15, -0.1) is 11.3 Å². The quantitative estimate of drug-likeness (QED) is 0.779. The summed E-state index contributed by atoms with van der Waals surface area (Å²) in [6.45, 7) is 1.98. The molecule has 0 spiro atoms. The molecule has 1 aromatic heterocycles. The normalized spacial score (nSPS) is 20.1. The fourth-order valence-electron chi connectivity index (χ4n) is 3.85. The Labute approximate surface area is 169 Å². The van der Waals surface area contributed by atoms with Gasteiger partial charge in [0.1, 0.15) is 4.21 Å². The summed E-state index contributed by atoms with van der Waals surface area (Å²) in [7, 11) is -3.47. The van der Waals surface area contributed by atoms with E-state index in [2.05, 4.69) is 17.4 Å². The molecule has 1 atom stereocenters. The number of rotatable bonds is 6. The maximum absolute atomic E-state index is 12.7. The summed E-state index contributed by atoms with van der Waals surface area (Å²) < 4.78 is 32.4. The predicted molar refractivity (Wildman–Crippen MR) is 108 cm³/mol. The van der Waals surface area contributed by atoms with Gasteiger partial charge in [-0.2, -0.15) is 4.31 Å². The SMILES string of the molecule is O=C(CC1CCc2ccccc21)NCc1ccc(S(=O)(=O)N2CCOCC2)s1. The van der Waals surface area contributed by atoms with Gasteiger partial charge in [-0.3, -0.25) is 4.79 Å². The summed E-state index contributed by atoms with van der Waals surface area (Å²) in [4.78, 5) is 13.2. The van der Waals surface area contributed by atoms with E-state index in [1.165, 1.54) is 26.8 Å². The lowest BCUT2D eigenvalue weighted by Crippen LogP contribution is -2.40. The van der Waals surface area contributed by atoms with Gasteiger partial charge >= 0.3 is 0 Å². The summed E-state index contributed by atoms with van der Waals surface area (Å²) in [6, 6.07) is 11.7. The number of nitrogens with zero attached hydrogens (tertiary/aromatic N) is 1. The molecule has 8 heteroatoms. The van der Waals surface area contributed by atoms with Crippen molar-refractivity contribution in [1.82, 2.24) is 9.62 Å². The fraction of sp³-hybridized carbons (Fsp3) is 0.450. The van der Waals surface area contributed by atoms with E-state index in [9.17, 15) is 13.2 Å². The highest BCUT2D eigenvalue weighted by molar-refractivity contribution is 7.91. The molecule has 1 fully saturated rings. The fourth-order valence-corrected chi connectivity index (χ4v) is 6.70. The van der Waals surface area contributed by atoms with E-state index in [0.29, 0.717) is 43.5 Å². The molecule has 1 aliphatic heterocycles. The molecule has 1 unspecified atom stereocenters. The zero-order valence-corrected chi connectivity index (χ0v) is 17.2. The summed E-state index contributed by atoms with van der Waals surface area (Å²) in [5.41, 5.74) is 2.63. The lowest BCUT2D eigenvalue weighted by Gasteiger charge is -2.25. The lowest BCUT2D eigenvalue weighted by atomic mass is 9.97. The van der Waals surface area contributed by atoms with Crippen LogP contribution in [0, 0.1) is 0 Å². The highest BCUT2D eigenvalue weighted by atomic mass is 32.2. The molecular formula is C20H24N2O4S2. The molecule has 6 nitrogen and oxygen atoms in total. The Morgan fingerprint density at radius 3 is 2.79 bits per heavy atom. The summed E-state index contributed by atoms with van der Waals surface area (Å²) >= 11 is 1.22. The molecule has 1 amide bonds. The molecule has 2 aliphatic rings. The van der Waals surface area contributed by atoms with Crippen LogP contribution in [0.25, 0.3) is 0 Å². The molecule has 1 N–H and O–H groups in total. The summed E-state index contributed by atoms with van der Waals surface area (Å²) in [5, 5.41) is 2.94. The molecule has 0 saturated carbocycles. The number of aryl methyl sites for hydroxylation is 1. The highest BCUT2D eigenvalue weighted by Gasteiger charge is 2.28. The van der Waals surface area contributed by atoms with Crippen molar-refractivity contribution in [3.05, 3.63) is 52.4 Å². The summed E-state index contributed by atoms with van der Waals surface area (Å²) in [6.07, 6.45) is 2.51. The molecule has 4 rings (SSSR count). The van der Waals surface area contributed by atoms with E-state index >= 15 is 0 Å². The second-order valence-electron chi connectivity index (χ2n) is 7.15. The first-order valence-electron chi connectivity index (χ1n) is 9.55. The third-order valence-corrected chi connectivity index (χ3v) is 8.80. The third kappa shape index (κ3) is 4.15. The van der Waals surface area contributed by atoms with Gasteiger partial charge in [-0.05, 0) is 42.0 Å². The number of sulfonamides is 1. The van der Waals surface area contributed by atoms with E-state index in [4.69, 9.17) is 4.74 Å². The molecule has 2 heterocycles. The number of hydrogen-bond acceptors (Lipinski definition) is 5. The van der Waals surface area contributed by atoms with Crippen LogP contribution in [0.5, 0.6) is 0 Å². The Morgan fingerprint density at radius 2 is 1.96 bits per heavy atom. The van der Waals surface area contributed by atoms with Crippen LogP contribution in [0.2, 0.25) is 0 Å². The Kier molecular flexibility index (Phi) is 5.82. The van der Waals surface area contributed by atoms with Gasteiger partial charge < -0.3 is 10.1 Å². The van der Waals surface area contributed by atoms with Crippen molar-refractivity contribution in [2.24, 2.45) is 0 Å². The van der Waals surface area contributed by atoms with Crippen molar-refractivity contribution < 1.29 is 17.9 Å². The monoisotopic (exact) mass is 420 g/mol. The summed E-state index contributed by atoms with van der Waals surface area (Å²) in [5.74, 6) is 0.282. The number of fused-ring (bicyclic) bond motifs is 1. The smallest absolute Gasteiger partial charge is 0.252 e. The van der Waals surface area contributed by atoms with Gasteiger partial charge in [0.2, 0.25) is 5.91 Å². The molecular weight excluding hydrogens is 396 g/mol. The predicted octanol–water partition coefficient (Wildman–Crippen LogP) is 2.51. The van der Waals surface area contributed by atoms with E-state index in [-0.39, 0.29) is 11.8 Å². The number of amides is 1. The number of morpholine rings is 1. The number of hydrogen-bond donors (Lipinski definition) is 1. The zero-order chi connectivity index (χ0) is 19.6. The molecule has 150 valence electrons. The molecule has 0 radical (unpaired) electrons. The van der Waals surface area contributed by atoms with Crippen LogP contribution in [0.3, 0.4) is 0 Å². The van der Waals surface area contributed by atoms with Crippen LogP contribution in [0.15, 0.2) is 40.6 Å². The molecule has 28 heavy (non-hydrogen) atoms. The van der Waals surface area contributed by atoms with Gasteiger partial charge in [-0.1, -0.05) is 24.3 Å². The first-order valence-corrected chi connectivity index (χ1v) is 11.8. The Morgan fingerprint density at radius 1 is 1.18 bits per heavy atom. The Bertz CT molecular complexity index is 949. The minimum atomic E-state index is -3.47. The van der Waals surface area contributed by atoms with Gasteiger partial charge in [0.25, 0.3) is 10.0 Å². The number of carbonyl (C=O) groups excluding carboxylic acids is 1. The van der Waals surface area contributed by atoms with Crippen LogP contribution in [-0.2, 0) is 32.5 Å². The Balaban J connectivity index is 1.33. The topological polar surface area (TPSA) is 75.7 Å². The van der Waals surface area contributed by atoms with E-state index < -0.39 is 10.0 Å². The van der Waals surface area contributed by atoms with Gasteiger partial charge in [0.15, 0.2) is 0 Å². The van der Waals surface area contributed by atoms with Crippen LogP contribution < -0.4 is 5.32 Å². The van der Waals surface area contributed by atoms with Crippen LogP contribution in [-0.4, -0.2) is 44.9 Å². The maximum Gasteiger partial charge on any atom is 0.252 e. The van der Waals surface area contributed by atoms with Gasteiger partial charge in [0.05, 0.1) is 19.8 Å². The van der Waals surface area contributed by atoms with Crippen molar-refractivity contribution in [2.75, 3.05) is 26.3 Å². The minimum absolute atomic E-state index is 0.00712. The van der Waals surface area contributed by atoms with Gasteiger partial charge in [0, 0.05) is 24.4 Å². The largest absolute Gasteiger partial charge is 0.379 e. The van der Waals surface area contributed by atoms with Crippen LogP contribution in [0.4, 0.5) is 0 Å². The standard InChI is InChI=1S/C20H24N2O4S2/c23-19(13-16-6-5-15-3-1-2-4-18(15)16)21-14-17-7-8-20(27-17)28(24,25)22-9-11-26-12-10-22/h1-4,7-8,16H,5-6,9-14H2,(H,21,23). The van der Waals surface area contributed by atoms with E-state index in [1.54, 1.807) is 12.1 Å². The molecule has 1 aliphatic carbocycles. The van der Waals surface area contributed by atoms with Crippen molar-refractivity contribution in [3.8, 4) is 0 Å². The number of ether oxygens (including phenoxy) is 1. The third-order valence-electron chi connectivity index (χ3n) is 5.35. The maximum atomic E-state index is 12.7.